The topological polar surface area (TPSA) is 42.4 Å². The third-order valence-electron chi connectivity index (χ3n) is 5.31. The second-order valence-electron chi connectivity index (χ2n) is 6.90. The van der Waals surface area contributed by atoms with E-state index in [-0.39, 0.29) is 18.1 Å². The number of fused-ring (bicyclic) bond motifs is 1. The first-order chi connectivity index (χ1) is 12.3. The van der Waals surface area contributed by atoms with Gasteiger partial charge in [0, 0.05) is 12.2 Å². The number of carbonyl (C=O) groups excluding carboxylic acids is 1. The third-order valence-corrected chi connectivity index (χ3v) is 5.31. The Kier molecular flexibility index (Phi) is 4.79. The average molecular weight is 336 g/mol. The number of aromatic nitrogens is 1. The molecule has 1 amide bonds. The highest BCUT2D eigenvalue weighted by Gasteiger charge is 2.32. The van der Waals surface area contributed by atoms with Gasteiger partial charge in [-0.15, -0.1) is 0 Å². The van der Waals surface area contributed by atoms with Gasteiger partial charge < -0.3 is 4.74 Å². The summed E-state index contributed by atoms with van der Waals surface area (Å²) in [6.07, 6.45) is 7.40. The van der Waals surface area contributed by atoms with Crippen LogP contribution in [0.3, 0.4) is 0 Å². The Morgan fingerprint density at radius 1 is 1.12 bits per heavy atom. The minimum absolute atomic E-state index is 0.118. The monoisotopic (exact) mass is 336 g/mol. The van der Waals surface area contributed by atoms with Gasteiger partial charge in [-0.3, -0.25) is 9.69 Å². The first kappa shape index (κ1) is 16.3. The summed E-state index contributed by atoms with van der Waals surface area (Å²) in [5.74, 6) is 0.885. The number of rotatable bonds is 4. The van der Waals surface area contributed by atoms with Crippen molar-refractivity contribution in [2.45, 2.75) is 50.7 Å². The maximum absolute atomic E-state index is 13.2. The molecule has 0 radical (unpaired) electrons. The average Bonchev–Trinajstić information content (AvgIpc) is 3.17. The number of nitrogens with zero attached hydrogens (tertiary/aromatic N) is 2. The predicted octanol–water partition coefficient (Wildman–Crippen LogP) is 4.06. The molecular weight excluding hydrogens is 312 g/mol. The fraction of sp³-hybridized carbons (Fsp3) is 0.429. The van der Waals surface area contributed by atoms with Gasteiger partial charge in [0.1, 0.15) is 5.82 Å². The molecule has 2 heterocycles. The molecule has 1 aliphatic heterocycles. The van der Waals surface area contributed by atoms with E-state index in [9.17, 15) is 4.79 Å². The van der Waals surface area contributed by atoms with Gasteiger partial charge in [-0.1, -0.05) is 43.2 Å². The molecule has 1 saturated carbocycles. The number of pyridine rings is 1. The molecule has 1 unspecified atom stereocenters. The Hall–Kier alpha value is -2.20. The lowest BCUT2D eigenvalue weighted by molar-refractivity contribution is -0.122. The van der Waals surface area contributed by atoms with E-state index < -0.39 is 0 Å². The highest BCUT2D eigenvalue weighted by Crippen LogP contribution is 2.33. The van der Waals surface area contributed by atoms with Crippen molar-refractivity contribution < 1.29 is 9.53 Å². The number of anilines is 1. The molecule has 0 N–H and O–H groups in total. The van der Waals surface area contributed by atoms with Crippen LogP contribution in [0, 0.1) is 0 Å². The minimum Gasteiger partial charge on any atom is -0.373 e. The second kappa shape index (κ2) is 7.36. The van der Waals surface area contributed by atoms with E-state index >= 15 is 0 Å². The standard InChI is InChI=1S/C21H24N2O2/c24-21(15-19-18-10-4-1-7-16(18)12-14-25-19)23(17-8-2-3-9-17)20-11-5-6-13-22-20/h1,4-7,10-11,13,17,19H,2-3,8-9,12,14-15H2. The predicted molar refractivity (Wildman–Crippen MR) is 97.4 cm³/mol. The van der Waals surface area contributed by atoms with Crippen LogP contribution in [0.4, 0.5) is 5.82 Å². The summed E-state index contributed by atoms with van der Waals surface area (Å²) in [4.78, 5) is 19.6. The van der Waals surface area contributed by atoms with Crippen molar-refractivity contribution in [2.24, 2.45) is 0 Å². The number of hydrogen-bond donors (Lipinski definition) is 0. The highest BCUT2D eigenvalue weighted by molar-refractivity contribution is 5.93. The molecule has 1 aromatic heterocycles. The van der Waals surface area contributed by atoms with Crippen molar-refractivity contribution in [3.05, 3.63) is 59.8 Å². The molecular formula is C21H24N2O2. The van der Waals surface area contributed by atoms with Gasteiger partial charge in [-0.05, 0) is 42.5 Å². The maximum atomic E-state index is 13.2. The molecule has 2 aromatic rings. The fourth-order valence-electron chi connectivity index (χ4n) is 4.08. The zero-order chi connectivity index (χ0) is 17.1. The highest BCUT2D eigenvalue weighted by atomic mass is 16.5. The Morgan fingerprint density at radius 2 is 1.92 bits per heavy atom. The summed E-state index contributed by atoms with van der Waals surface area (Å²) in [6.45, 7) is 0.683. The van der Waals surface area contributed by atoms with E-state index in [1.54, 1.807) is 6.20 Å². The van der Waals surface area contributed by atoms with Crippen LogP contribution in [-0.2, 0) is 16.0 Å². The van der Waals surface area contributed by atoms with Crippen LogP contribution in [0.1, 0.15) is 49.3 Å². The summed E-state index contributed by atoms with van der Waals surface area (Å²) < 4.78 is 5.96. The fourth-order valence-corrected chi connectivity index (χ4v) is 4.08. The van der Waals surface area contributed by atoms with E-state index in [0.717, 1.165) is 30.6 Å². The molecule has 0 spiro atoms. The zero-order valence-electron chi connectivity index (χ0n) is 14.4. The minimum atomic E-state index is -0.148. The first-order valence-electron chi connectivity index (χ1n) is 9.25. The largest absolute Gasteiger partial charge is 0.373 e. The molecule has 25 heavy (non-hydrogen) atoms. The van der Waals surface area contributed by atoms with Gasteiger partial charge in [-0.25, -0.2) is 4.98 Å². The Labute approximate surface area is 148 Å². The van der Waals surface area contributed by atoms with Crippen LogP contribution < -0.4 is 4.90 Å². The Bertz CT molecular complexity index is 726. The second-order valence-corrected chi connectivity index (χ2v) is 6.90. The van der Waals surface area contributed by atoms with Crippen molar-refractivity contribution >= 4 is 11.7 Å². The van der Waals surface area contributed by atoms with E-state index in [4.69, 9.17) is 4.74 Å². The molecule has 1 fully saturated rings. The molecule has 0 bridgehead atoms. The van der Waals surface area contributed by atoms with Gasteiger partial charge in [0.15, 0.2) is 0 Å². The van der Waals surface area contributed by atoms with Crippen molar-refractivity contribution in [3.63, 3.8) is 0 Å². The quantitative estimate of drug-likeness (QED) is 0.845. The first-order valence-corrected chi connectivity index (χ1v) is 9.25. The third kappa shape index (κ3) is 3.45. The van der Waals surface area contributed by atoms with Crippen LogP contribution in [0.15, 0.2) is 48.7 Å². The summed E-state index contributed by atoms with van der Waals surface area (Å²) >= 11 is 0. The molecule has 2 aliphatic rings. The molecule has 130 valence electrons. The summed E-state index contributed by atoms with van der Waals surface area (Å²) in [7, 11) is 0. The maximum Gasteiger partial charge on any atom is 0.231 e. The molecule has 1 aliphatic carbocycles. The molecule has 0 saturated heterocycles. The number of hydrogen-bond acceptors (Lipinski definition) is 3. The lowest BCUT2D eigenvalue weighted by atomic mass is 9.95. The number of benzene rings is 1. The lowest BCUT2D eigenvalue weighted by Gasteiger charge is -2.31. The van der Waals surface area contributed by atoms with Gasteiger partial charge >= 0.3 is 0 Å². The molecule has 1 aromatic carbocycles. The van der Waals surface area contributed by atoms with Crippen LogP contribution in [0.5, 0.6) is 0 Å². The van der Waals surface area contributed by atoms with Gasteiger partial charge in [0.05, 0.1) is 19.1 Å². The zero-order valence-corrected chi connectivity index (χ0v) is 14.4. The van der Waals surface area contributed by atoms with E-state index in [1.165, 1.54) is 18.4 Å². The van der Waals surface area contributed by atoms with Crippen LogP contribution in [0.2, 0.25) is 0 Å². The van der Waals surface area contributed by atoms with Gasteiger partial charge in [-0.2, -0.15) is 0 Å². The Balaban J connectivity index is 1.57. The number of carbonyl (C=O) groups is 1. The summed E-state index contributed by atoms with van der Waals surface area (Å²) in [6, 6.07) is 14.4. The molecule has 4 heteroatoms. The summed E-state index contributed by atoms with van der Waals surface area (Å²) in [5.41, 5.74) is 2.46. The van der Waals surface area contributed by atoms with E-state index in [0.29, 0.717) is 13.0 Å². The van der Waals surface area contributed by atoms with Crippen molar-refractivity contribution in [1.29, 1.82) is 0 Å². The summed E-state index contributed by atoms with van der Waals surface area (Å²) in [5, 5.41) is 0. The van der Waals surface area contributed by atoms with Crippen LogP contribution in [-0.4, -0.2) is 23.5 Å². The van der Waals surface area contributed by atoms with E-state index in [2.05, 4.69) is 23.2 Å². The molecule has 4 rings (SSSR count). The van der Waals surface area contributed by atoms with Crippen molar-refractivity contribution in [1.82, 2.24) is 4.98 Å². The van der Waals surface area contributed by atoms with Crippen molar-refractivity contribution in [2.75, 3.05) is 11.5 Å². The van der Waals surface area contributed by atoms with Crippen molar-refractivity contribution in [3.8, 4) is 0 Å². The normalized spacial score (nSPS) is 20.2. The Morgan fingerprint density at radius 3 is 2.72 bits per heavy atom. The lowest BCUT2D eigenvalue weighted by Crippen LogP contribution is -2.40. The SMILES string of the molecule is O=C(CC1OCCc2ccccc21)N(c1ccccn1)C1CCCC1. The molecule has 1 atom stereocenters. The van der Waals surface area contributed by atoms with Gasteiger partial charge in [0.25, 0.3) is 0 Å². The molecule has 4 nitrogen and oxygen atoms in total. The smallest absolute Gasteiger partial charge is 0.231 e. The van der Waals surface area contributed by atoms with Gasteiger partial charge in [0.2, 0.25) is 5.91 Å². The van der Waals surface area contributed by atoms with Crippen LogP contribution in [0.25, 0.3) is 0 Å². The van der Waals surface area contributed by atoms with Crippen LogP contribution >= 0.6 is 0 Å². The van der Waals surface area contributed by atoms with E-state index in [1.807, 2.05) is 29.2 Å². The number of ether oxygens (including phenoxy) is 1. The number of amides is 1.